The third kappa shape index (κ3) is 6.27. The van der Waals surface area contributed by atoms with Gasteiger partial charge in [0.1, 0.15) is 6.61 Å². The number of halogens is 2. The molecule has 34 heavy (non-hydrogen) atoms. The molecule has 0 N–H and O–H groups in total. The predicted octanol–water partition coefficient (Wildman–Crippen LogP) is 8.36. The minimum Gasteiger partial charge on any atom is -0.490 e. The number of ether oxygens (including phenoxy) is 2. The molecule has 0 radical (unpaired) electrons. The summed E-state index contributed by atoms with van der Waals surface area (Å²) in [6.45, 7) is 2.94. The van der Waals surface area contributed by atoms with Crippen molar-refractivity contribution in [1.82, 2.24) is 0 Å². The van der Waals surface area contributed by atoms with Crippen LogP contribution in [0.3, 0.4) is 0 Å². The number of hydrogen-bond acceptors (Lipinski definition) is 4. The number of hydrazone groups is 1. The van der Waals surface area contributed by atoms with Crippen LogP contribution in [0.15, 0.2) is 111 Å². The van der Waals surface area contributed by atoms with Gasteiger partial charge in [0.2, 0.25) is 0 Å². The Morgan fingerprint density at radius 1 is 0.765 bits per heavy atom. The standard InChI is InChI=1S/C28H24Br2N2O2/c1-2-33-27-17-22(26(30)18-28(27)34-20-21-13-15-23(29)16-14-21)19-31-32(24-9-5-3-6-10-24)25-11-7-4-8-12-25/h3-19H,2,20H2,1H3/b31-19-. The maximum absolute atomic E-state index is 6.09. The van der Waals surface area contributed by atoms with Crippen LogP contribution in [0.1, 0.15) is 18.1 Å². The molecule has 4 nitrogen and oxygen atoms in total. The Balaban J connectivity index is 1.61. The van der Waals surface area contributed by atoms with Crippen molar-refractivity contribution in [3.05, 3.63) is 117 Å². The van der Waals surface area contributed by atoms with E-state index in [9.17, 15) is 0 Å². The van der Waals surface area contributed by atoms with Crippen molar-refractivity contribution in [2.24, 2.45) is 5.10 Å². The number of anilines is 2. The van der Waals surface area contributed by atoms with Gasteiger partial charge in [0, 0.05) is 14.5 Å². The number of rotatable bonds is 9. The van der Waals surface area contributed by atoms with E-state index in [0.29, 0.717) is 24.7 Å². The van der Waals surface area contributed by atoms with Crippen molar-refractivity contribution < 1.29 is 9.47 Å². The molecule has 0 aromatic heterocycles. The topological polar surface area (TPSA) is 34.1 Å². The lowest BCUT2D eigenvalue weighted by atomic mass is 10.2. The van der Waals surface area contributed by atoms with Crippen LogP contribution in [0.25, 0.3) is 0 Å². The Kier molecular flexibility index (Phi) is 8.39. The lowest BCUT2D eigenvalue weighted by Gasteiger charge is -2.19. The first-order chi connectivity index (χ1) is 16.6. The molecule has 0 fully saturated rings. The summed E-state index contributed by atoms with van der Waals surface area (Å²) < 4.78 is 13.9. The fourth-order valence-electron chi connectivity index (χ4n) is 3.31. The van der Waals surface area contributed by atoms with E-state index in [1.54, 1.807) is 0 Å². The van der Waals surface area contributed by atoms with Crippen LogP contribution in [0.5, 0.6) is 11.5 Å². The lowest BCUT2D eigenvalue weighted by molar-refractivity contribution is 0.269. The highest BCUT2D eigenvalue weighted by Gasteiger charge is 2.12. The first-order valence-corrected chi connectivity index (χ1v) is 12.5. The Labute approximate surface area is 217 Å². The molecule has 4 aromatic carbocycles. The first-order valence-electron chi connectivity index (χ1n) is 10.9. The normalized spacial score (nSPS) is 10.9. The molecule has 4 rings (SSSR count). The van der Waals surface area contributed by atoms with Crippen molar-refractivity contribution in [1.29, 1.82) is 0 Å². The summed E-state index contributed by atoms with van der Waals surface area (Å²) in [7, 11) is 0. The summed E-state index contributed by atoms with van der Waals surface area (Å²) in [6, 6.07) is 32.1. The molecule has 0 saturated carbocycles. The molecule has 172 valence electrons. The smallest absolute Gasteiger partial charge is 0.162 e. The van der Waals surface area contributed by atoms with Gasteiger partial charge in [-0.2, -0.15) is 5.10 Å². The molecule has 0 aliphatic heterocycles. The summed E-state index contributed by atoms with van der Waals surface area (Å²) >= 11 is 7.14. The molecule has 0 unspecified atom stereocenters. The monoisotopic (exact) mass is 578 g/mol. The summed E-state index contributed by atoms with van der Waals surface area (Å²) in [4.78, 5) is 0. The zero-order valence-electron chi connectivity index (χ0n) is 18.7. The van der Waals surface area contributed by atoms with Gasteiger partial charge in [0.25, 0.3) is 0 Å². The van der Waals surface area contributed by atoms with Gasteiger partial charge in [-0.3, -0.25) is 0 Å². The van der Waals surface area contributed by atoms with E-state index < -0.39 is 0 Å². The molecule has 0 aliphatic carbocycles. The summed E-state index contributed by atoms with van der Waals surface area (Å²) in [5.41, 5.74) is 3.91. The summed E-state index contributed by atoms with van der Waals surface area (Å²) in [6.07, 6.45) is 1.82. The third-order valence-corrected chi connectivity index (χ3v) is 6.20. The van der Waals surface area contributed by atoms with E-state index in [4.69, 9.17) is 14.6 Å². The fraction of sp³-hybridized carbons (Fsp3) is 0.107. The molecular formula is C28H24Br2N2O2. The lowest BCUT2D eigenvalue weighted by Crippen LogP contribution is -2.09. The van der Waals surface area contributed by atoms with Gasteiger partial charge in [-0.25, -0.2) is 5.01 Å². The quantitative estimate of drug-likeness (QED) is 0.147. The second-order valence-electron chi connectivity index (χ2n) is 7.40. The van der Waals surface area contributed by atoms with Gasteiger partial charge in [-0.05, 0) is 76.9 Å². The second-order valence-corrected chi connectivity index (χ2v) is 9.17. The van der Waals surface area contributed by atoms with Crippen LogP contribution in [-0.2, 0) is 6.61 Å². The third-order valence-electron chi connectivity index (χ3n) is 4.98. The number of benzene rings is 4. The van der Waals surface area contributed by atoms with Crippen LogP contribution < -0.4 is 14.5 Å². The average Bonchev–Trinajstić information content (AvgIpc) is 2.87. The number of nitrogens with zero attached hydrogens (tertiary/aromatic N) is 2. The first kappa shape index (κ1) is 24.0. The fourth-order valence-corrected chi connectivity index (χ4v) is 4.00. The summed E-state index contributed by atoms with van der Waals surface area (Å²) in [5, 5.41) is 6.71. The predicted molar refractivity (Wildman–Crippen MR) is 146 cm³/mol. The molecule has 0 spiro atoms. The van der Waals surface area contributed by atoms with E-state index in [0.717, 1.165) is 31.4 Å². The molecule has 0 amide bonds. The molecule has 0 bridgehead atoms. The Morgan fingerprint density at radius 3 is 1.94 bits per heavy atom. The number of hydrogen-bond donors (Lipinski definition) is 0. The molecule has 0 aliphatic rings. The van der Waals surface area contributed by atoms with Crippen molar-refractivity contribution in [2.75, 3.05) is 11.6 Å². The van der Waals surface area contributed by atoms with Crippen LogP contribution in [-0.4, -0.2) is 12.8 Å². The molecule has 4 aromatic rings. The SMILES string of the molecule is CCOc1cc(/C=N\N(c2ccccc2)c2ccccc2)c(Br)cc1OCc1ccc(Br)cc1. The van der Waals surface area contributed by atoms with E-state index in [2.05, 4.69) is 31.9 Å². The minimum absolute atomic E-state index is 0.447. The van der Waals surface area contributed by atoms with Gasteiger partial charge < -0.3 is 9.47 Å². The maximum atomic E-state index is 6.09. The van der Waals surface area contributed by atoms with Crippen molar-refractivity contribution in [2.45, 2.75) is 13.5 Å². The maximum Gasteiger partial charge on any atom is 0.162 e. The highest BCUT2D eigenvalue weighted by molar-refractivity contribution is 9.10. The Morgan fingerprint density at radius 2 is 1.35 bits per heavy atom. The van der Waals surface area contributed by atoms with Gasteiger partial charge in [0.15, 0.2) is 11.5 Å². The van der Waals surface area contributed by atoms with Crippen LogP contribution >= 0.6 is 31.9 Å². The largest absolute Gasteiger partial charge is 0.490 e. The van der Waals surface area contributed by atoms with E-state index in [-0.39, 0.29) is 0 Å². The number of para-hydroxylation sites is 2. The minimum atomic E-state index is 0.447. The molecule has 0 atom stereocenters. The Bertz CT molecular complexity index is 1190. The van der Waals surface area contributed by atoms with Crippen LogP contribution in [0, 0.1) is 0 Å². The average molecular weight is 580 g/mol. The van der Waals surface area contributed by atoms with E-state index in [1.165, 1.54) is 0 Å². The highest BCUT2D eigenvalue weighted by Crippen LogP contribution is 2.34. The zero-order chi connectivity index (χ0) is 23.8. The van der Waals surface area contributed by atoms with Crippen LogP contribution in [0.2, 0.25) is 0 Å². The van der Waals surface area contributed by atoms with Crippen molar-refractivity contribution in [3.63, 3.8) is 0 Å². The van der Waals surface area contributed by atoms with Crippen LogP contribution in [0.4, 0.5) is 11.4 Å². The highest BCUT2D eigenvalue weighted by atomic mass is 79.9. The van der Waals surface area contributed by atoms with E-state index >= 15 is 0 Å². The second kappa shape index (κ2) is 11.9. The van der Waals surface area contributed by atoms with E-state index in [1.807, 2.05) is 115 Å². The molecule has 0 heterocycles. The van der Waals surface area contributed by atoms with Gasteiger partial charge in [-0.15, -0.1) is 0 Å². The Hall–Kier alpha value is -3.09. The van der Waals surface area contributed by atoms with Gasteiger partial charge >= 0.3 is 0 Å². The van der Waals surface area contributed by atoms with Crippen molar-refractivity contribution >= 4 is 49.4 Å². The van der Waals surface area contributed by atoms with Gasteiger partial charge in [0.05, 0.1) is 24.2 Å². The summed E-state index contributed by atoms with van der Waals surface area (Å²) in [5.74, 6) is 1.35. The molecular weight excluding hydrogens is 556 g/mol. The van der Waals surface area contributed by atoms with Gasteiger partial charge in [-0.1, -0.05) is 64.5 Å². The van der Waals surface area contributed by atoms with Crippen molar-refractivity contribution in [3.8, 4) is 11.5 Å². The molecule has 6 heteroatoms. The molecule has 0 saturated heterocycles. The zero-order valence-corrected chi connectivity index (χ0v) is 21.9.